The van der Waals surface area contributed by atoms with Crippen molar-refractivity contribution in [1.29, 1.82) is 0 Å². The van der Waals surface area contributed by atoms with Gasteiger partial charge in [0, 0.05) is 12.7 Å². The topological polar surface area (TPSA) is 30.7 Å². The maximum Gasteiger partial charge on any atom is 0.127 e. The first kappa shape index (κ1) is 11.0. The lowest BCUT2D eigenvalue weighted by atomic mass is 10.3. The van der Waals surface area contributed by atoms with Gasteiger partial charge in [0.15, 0.2) is 0 Å². The highest BCUT2D eigenvalue weighted by molar-refractivity contribution is 6.20. The number of aromatic nitrogens is 3. The zero-order chi connectivity index (χ0) is 12.0. The third-order valence-corrected chi connectivity index (χ3v) is 3.82. The minimum absolute atomic E-state index is 0.0588. The van der Waals surface area contributed by atoms with Crippen molar-refractivity contribution in [3.05, 3.63) is 24.3 Å². The molecule has 2 heterocycles. The molecular formula is C13H16ClN3. The first-order valence-corrected chi connectivity index (χ1v) is 6.54. The van der Waals surface area contributed by atoms with Crippen molar-refractivity contribution in [3.63, 3.8) is 0 Å². The normalized spacial score (nSPS) is 25.1. The zero-order valence-electron chi connectivity index (χ0n) is 10.1. The van der Waals surface area contributed by atoms with Crippen molar-refractivity contribution in [1.82, 2.24) is 14.5 Å². The summed E-state index contributed by atoms with van der Waals surface area (Å²) in [6, 6.07) is 2.03. The van der Waals surface area contributed by atoms with Crippen LogP contribution in [0.2, 0.25) is 0 Å². The van der Waals surface area contributed by atoms with Gasteiger partial charge in [-0.3, -0.25) is 4.98 Å². The molecule has 0 amide bonds. The number of halogens is 1. The van der Waals surface area contributed by atoms with Gasteiger partial charge in [0.2, 0.25) is 0 Å². The fourth-order valence-electron chi connectivity index (χ4n) is 2.38. The Balaban J connectivity index is 2.07. The maximum atomic E-state index is 6.22. The van der Waals surface area contributed by atoms with Crippen LogP contribution in [0, 0.1) is 11.8 Å². The Morgan fingerprint density at radius 3 is 3.00 bits per heavy atom. The van der Waals surface area contributed by atoms with Crippen LogP contribution in [0.3, 0.4) is 0 Å². The van der Waals surface area contributed by atoms with Gasteiger partial charge >= 0.3 is 0 Å². The maximum absolute atomic E-state index is 6.22. The standard InChI is InChI=1S/C13H16ClN3/c1-8-5-10(8)7-17-12-3-4-15-6-11(12)16-13(17)9(2)14/h3-4,6,8-10H,5,7H2,1-2H3. The fraction of sp³-hybridized carbons (Fsp3) is 0.538. The summed E-state index contributed by atoms with van der Waals surface area (Å²) < 4.78 is 2.27. The monoisotopic (exact) mass is 249 g/mol. The molecule has 2 aromatic heterocycles. The highest BCUT2D eigenvalue weighted by Crippen LogP contribution is 2.40. The molecule has 1 aliphatic rings. The van der Waals surface area contributed by atoms with Crippen LogP contribution < -0.4 is 0 Å². The van der Waals surface area contributed by atoms with Gasteiger partial charge in [-0.05, 0) is 31.2 Å². The van der Waals surface area contributed by atoms with Gasteiger partial charge in [-0.25, -0.2) is 4.98 Å². The summed E-state index contributed by atoms with van der Waals surface area (Å²) in [5.41, 5.74) is 2.10. The van der Waals surface area contributed by atoms with E-state index in [0.717, 1.165) is 35.2 Å². The number of imidazole rings is 1. The molecule has 0 aromatic carbocycles. The van der Waals surface area contributed by atoms with E-state index in [9.17, 15) is 0 Å². The van der Waals surface area contributed by atoms with Crippen molar-refractivity contribution in [2.75, 3.05) is 0 Å². The van der Waals surface area contributed by atoms with E-state index in [1.165, 1.54) is 6.42 Å². The van der Waals surface area contributed by atoms with Crippen LogP contribution in [0.4, 0.5) is 0 Å². The fourth-order valence-corrected chi connectivity index (χ4v) is 2.55. The second kappa shape index (κ2) is 3.98. The van der Waals surface area contributed by atoms with Gasteiger partial charge in [0.1, 0.15) is 11.3 Å². The molecule has 17 heavy (non-hydrogen) atoms. The van der Waals surface area contributed by atoms with Crippen LogP contribution >= 0.6 is 11.6 Å². The Morgan fingerprint density at radius 1 is 1.59 bits per heavy atom. The molecule has 0 saturated heterocycles. The summed E-state index contributed by atoms with van der Waals surface area (Å²) >= 11 is 6.22. The molecule has 3 rings (SSSR count). The number of hydrogen-bond donors (Lipinski definition) is 0. The van der Waals surface area contributed by atoms with Crippen molar-refractivity contribution in [3.8, 4) is 0 Å². The number of fused-ring (bicyclic) bond motifs is 1. The van der Waals surface area contributed by atoms with Crippen LogP contribution in [0.25, 0.3) is 11.0 Å². The van der Waals surface area contributed by atoms with Crippen molar-refractivity contribution in [2.24, 2.45) is 11.8 Å². The molecule has 1 saturated carbocycles. The van der Waals surface area contributed by atoms with E-state index in [4.69, 9.17) is 11.6 Å². The second-order valence-corrected chi connectivity index (χ2v) is 5.69. The molecule has 4 heteroatoms. The molecule has 90 valence electrons. The lowest BCUT2D eigenvalue weighted by Gasteiger charge is -2.09. The molecular weight excluding hydrogens is 234 g/mol. The molecule has 3 atom stereocenters. The molecule has 0 N–H and O–H groups in total. The summed E-state index contributed by atoms with van der Waals surface area (Å²) in [6.07, 6.45) is 4.95. The van der Waals surface area contributed by atoms with Gasteiger partial charge in [-0.1, -0.05) is 6.92 Å². The molecule has 3 unspecified atom stereocenters. The third-order valence-electron chi connectivity index (χ3n) is 3.63. The lowest BCUT2D eigenvalue weighted by Crippen LogP contribution is -2.06. The number of rotatable bonds is 3. The molecule has 0 spiro atoms. The highest BCUT2D eigenvalue weighted by atomic mass is 35.5. The van der Waals surface area contributed by atoms with E-state index in [0.29, 0.717) is 0 Å². The molecule has 0 aliphatic heterocycles. The Morgan fingerprint density at radius 2 is 2.35 bits per heavy atom. The van der Waals surface area contributed by atoms with Gasteiger partial charge in [0.05, 0.1) is 17.1 Å². The summed E-state index contributed by atoms with van der Waals surface area (Å²) in [7, 11) is 0. The predicted octanol–water partition coefficient (Wildman–Crippen LogP) is 3.39. The molecule has 0 bridgehead atoms. The van der Waals surface area contributed by atoms with E-state index < -0.39 is 0 Å². The van der Waals surface area contributed by atoms with Gasteiger partial charge < -0.3 is 4.57 Å². The van der Waals surface area contributed by atoms with Gasteiger partial charge in [0.25, 0.3) is 0 Å². The number of nitrogens with zero attached hydrogens (tertiary/aromatic N) is 3. The SMILES string of the molecule is CC(Cl)c1nc2cnccc2n1CC1CC1C. The number of hydrogen-bond acceptors (Lipinski definition) is 2. The Hall–Kier alpha value is -1.09. The molecule has 1 fully saturated rings. The predicted molar refractivity (Wildman–Crippen MR) is 69.1 cm³/mol. The van der Waals surface area contributed by atoms with Crippen LogP contribution in [0.15, 0.2) is 18.5 Å². The van der Waals surface area contributed by atoms with E-state index in [-0.39, 0.29) is 5.38 Å². The van der Waals surface area contributed by atoms with Crippen molar-refractivity contribution >= 4 is 22.6 Å². The van der Waals surface area contributed by atoms with Crippen molar-refractivity contribution < 1.29 is 0 Å². The number of pyridine rings is 1. The molecule has 2 aromatic rings. The average Bonchev–Trinajstić information content (AvgIpc) is 2.87. The largest absolute Gasteiger partial charge is 0.326 e. The second-order valence-electron chi connectivity index (χ2n) is 5.03. The van der Waals surface area contributed by atoms with Crippen LogP contribution in [-0.2, 0) is 6.54 Å². The van der Waals surface area contributed by atoms with E-state index in [2.05, 4.69) is 21.5 Å². The Bertz CT molecular complexity index is 547. The smallest absolute Gasteiger partial charge is 0.127 e. The highest BCUT2D eigenvalue weighted by Gasteiger charge is 2.33. The minimum atomic E-state index is -0.0588. The zero-order valence-corrected chi connectivity index (χ0v) is 10.9. The van der Waals surface area contributed by atoms with Crippen LogP contribution in [0.1, 0.15) is 31.5 Å². The quantitative estimate of drug-likeness (QED) is 0.781. The van der Waals surface area contributed by atoms with E-state index in [1.807, 2.05) is 25.4 Å². The molecule has 1 aliphatic carbocycles. The van der Waals surface area contributed by atoms with Crippen LogP contribution in [0.5, 0.6) is 0 Å². The third kappa shape index (κ3) is 1.93. The summed E-state index contributed by atoms with van der Waals surface area (Å²) in [4.78, 5) is 8.70. The Labute approximate surface area is 106 Å². The van der Waals surface area contributed by atoms with Crippen LogP contribution in [-0.4, -0.2) is 14.5 Å². The first-order valence-electron chi connectivity index (χ1n) is 6.11. The first-order chi connectivity index (χ1) is 8.16. The molecule has 3 nitrogen and oxygen atoms in total. The average molecular weight is 250 g/mol. The van der Waals surface area contributed by atoms with E-state index in [1.54, 1.807) is 0 Å². The van der Waals surface area contributed by atoms with Gasteiger partial charge in [-0.15, -0.1) is 11.6 Å². The lowest BCUT2D eigenvalue weighted by molar-refractivity contribution is 0.582. The summed E-state index contributed by atoms with van der Waals surface area (Å²) in [5, 5.41) is -0.0588. The minimum Gasteiger partial charge on any atom is -0.326 e. The summed E-state index contributed by atoms with van der Waals surface area (Å²) in [6.45, 7) is 5.31. The Kier molecular flexibility index (Phi) is 2.58. The van der Waals surface area contributed by atoms with E-state index >= 15 is 0 Å². The van der Waals surface area contributed by atoms with Crippen molar-refractivity contribution in [2.45, 2.75) is 32.2 Å². The summed E-state index contributed by atoms with van der Waals surface area (Å²) in [5.74, 6) is 2.59. The van der Waals surface area contributed by atoms with Gasteiger partial charge in [-0.2, -0.15) is 0 Å². The number of alkyl halides is 1. The molecule has 0 radical (unpaired) electrons.